The maximum absolute atomic E-state index is 13.7. The van der Waals surface area contributed by atoms with Gasteiger partial charge in [0.25, 0.3) is 11.8 Å². The van der Waals surface area contributed by atoms with Crippen LogP contribution in [0.2, 0.25) is 5.02 Å². The molecule has 3 aromatic heterocycles. The predicted molar refractivity (Wildman–Crippen MR) is 141 cm³/mol. The second kappa shape index (κ2) is 10.3. The van der Waals surface area contributed by atoms with Crippen LogP contribution in [-0.2, 0) is 12.6 Å². The minimum absolute atomic E-state index is 0.0609. The number of pyridine rings is 1. The number of hydrogen-bond donors (Lipinski definition) is 6. The molecule has 1 fully saturated rings. The Hall–Kier alpha value is -4.43. The lowest BCUT2D eigenvalue weighted by Gasteiger charge is -2.15. The Bertz CT molecular complexity index is 1580. The average Bonchev–Trinajstić information content (AvgIpc) is 3.29. The molecule has 0 spiro atoms. The third-order valence-electron chi connectivity index (χ3n) is 6.48. The van der Waals surface area contributed by atoms with E-state index in [1.165, 1.54) is 42.7 Å². The second-order valence-corrected chi connectivity index (χ2v) is 9.83. The fourth-order valence-electron chi connectivity index (χ4n) is 4.10. The molecule has 1 saturated carbocycles. The average molecular weight is 574 g/mol. The van der Waals surface area contributed by atoms with Gasteiger partial charge in [-0.3, -0.25) is 19.7 Å². The number of nitrogens with one attached hydrogen (secondary N) is 4. The smallest absolute Gasteiger partial charge is 0.397 e. The minimum atomic E-state index is -4.73. The van der Waals surface area contributed by atoms with Crippen molar-refractivity contribution in [3.8, 4) is 11.4 Å². The number of halogens is 4. The first-order valence-electron chi connectivity index (χ1n) is 12.0. The Balaban J connectivity index is 1.31. The zero-order valence-corrected chi connectivity index (χ0v) is 21.5. The van der Waals surface area contributed by atoms with Gasteiger partial charge in [-0.15, -0.1) is 0 Å². The van der Waals surface area contributed by atoms with E-state index in [2.05, 4.69) is 35.8 Å². The van der Waals surface area contributed by atoms with E-state index in [1.807, 2.05) is 0 Å². The van der Waals surface area contributed by atoms with Crippen molar-refractivity contribution in [2.24, 2.45) is 5.73 Å². The molecular formula is C25H23ClF3N9O2. The van der Waals surface area contributed by atoms with E-state index in [1.54, 1.807) is 0 Å². The van der Waals surface area contributed by atoms with Crippen molar-refractivity contribution in [1.82, 2.24) is 30.5 Å². The van der Waals surface area contributed by atoms with Crippen LogP contribution in [0.3, 0.4) is 0 Å². The Kier molecular flexibility index (Phi) is 6.98. The molecule has 0 atom stereocenters. The van der Waals surface area contributed by atoms with Crippen molar-refractivity contribution >= 4 is 34.8 Å². The van der Waals surface area contributed by atoms with Gasteiger partial charge in [-0.1, -0.05) is 11.6 Å². The molecule has 0 bridgehead atoms. The molecule has 208 valence electrons. The summed E-state index contributed by atoms with van der Waals surface area (Å²) < 4.78 is 41.0. The minimum Gasteiger partial charge on any atom is -0.397 e. The van der Waals surface area contributed by atoms with Crippen LogP contribution < -0.4 is 22.1 Å². The van der Waals surface area contributed by atoms with Crippen molar-refractivity contribution in [2.75, 3.05) is 17.6 Å². The molecule has 0 aliphatic heterocycles. The lowest BCUT2D eigenvalue weighted by atomic mass is 10.0. The van der Waals surface area contributed by atoms with Crippen LogP contribution >= 0.6 is 11.6 Å². The lowest BCUT2D eigenvalue weighted by Crippen LogP contribution is -2.42. The highest BCUT2D eigenvalue weighted by Gasteiger charge is 2.43. The van der Waals surface area contributed by atoms with Crippen molar-refractivity contribution in [3.05, 3.63) is 76.1 Å². The number of anilines is 2. The summed E-state index contributed by atoms with van der Waals surface area (Å²) in [6.45, 7) is 0.327. The molecule has 4 aromatic rings. The van der Waals surface area contributed by atoms with Crippen molar-refractivity contribution in [2.45, 2.75) is 31.0 Å². The van der Waals surface area contributed by atoms with Gasteiger partial charge >= 0.3 is 6.18 Å². The number of amides is 2. The van der Waals surface area contributed by atoms with Gasteiger partial charge in [0, 0.05) is 36.1 Å². The Labute approximate surface area is 229 Å². The van der Waals surface area contributed by atoms with Crippen molar-refractivity contribution in [3.63, 3.8) is 0 Å². The third kappa shape index (κ3) is 5.62. The number of alkyl halides is 3. The molecular weight excluding hydrogens is 551 g/mol. The lowest BCUT2D eigenvalue weighted by molar-refractivity contribution is -0.141. The highest BCUT2D eigenvalue weighted by atomic mass is 35.5. The monoisotopic (exact) mass is 573 g/mol. The SMILES string of the molecule is NCC1(NC(=O)c2ccc(NC(=O)c3ncc(Cc4c(C(F)(F)F)n[nH]c4-c4ccc(N)cn4)[nH]3)cc2Cl)CC1. The molecule has 8 N–H and O–H groups in total. The summed E-state index contributed by atoms with van der Waals surface area (Å²) >= 11 is 6.28. The van der Waals surface area contributed by atoms with E-state index in [4.69, 9.17) is 23.1 Å². The summed E-state index contributed by atoms with van der Waals surface area (Å²) in [7, 11) is 0. The Morgan fingerprint density at radius 2 is 1.88 bits per heavy atom. The van der Waals surface area contributed by atoms with Crippen LogP contribution in [0.5, 0.6) is 0 Å². The standard InChI is InChI=1S/C25H23ClF3N9O2/c26-17-8-13(2-3-15(17)22(39)36-24(11-30)5-6-24)35-23(40)21-33-10-14(34-21)7-16-19(18-4-1-12(31)9-32-18)37-38-20(16)25(27,28)29/h1-4,8-10H,5-7,11,30-31H2,(H,33,34)(H,35,40)(H,36,39)(H,37,38). The molecule has 0 radical (unpaired) electrons. The van der Waals surface area contributed by atoms with Crippen molar-refractivity contribution in [1.29, 1.82) is 0 Å². The molecule has 0 unspecified atom stereocenters. The number of carbonyl (C=O) groups is 2. The zero-order valence-electron chi connectivity index (χ0n) is 20.7. The molecule has 1 aliphatic rings. The maximum atomic E-state index is 13.7. The summed E-state index contributed by atoms with van der Waals surface area (Å²) in [4.78, 5) is 36.1. The number of hydrogen-bond acceptors (Lipinski definition) is 7. The van der Waals surface area contributed by atoms with Crippen LogP contribution in [-0.4, -0.2) is 49.0 Å². The number of nitrogen functional groups attached to an aromatic ring is 1. The zero-order chi connectivity index (χ0) is 28.7. The van der Waals surface area contributed by atoms with E-state index >= 15 is 0 Å². The fourth-order valence-corrected chi connectivity index (χ4v) is 4.36. The molecule has 15 heteroatoms. The van der Waals surface area contributed by atoms with Gasteiger partial charge in [0.2, 0.25) is 0 Å². The molecule has 40 heavy (non-hydrogen) atoms. The molecule has 1 aromatic carbocycles. The van der Waals surface area contributed by atoms with Crippen LogP contribution in [0.15, 0.2) is 42.7 Å². The quantitative estimate of drug-likeness (QED) is 0.186. The van der Waals surface area contributed by atoms with Gasteiger partial charge in [-0.2, -0.15) is 18.3 Å². The van der Waals surface area contributed by atoms with Crippen LogP contribution in [0, 0.1) is 0 Å². The number of nitrogens with zero attached hydrogens (tertiary/aromatic N) is 3. The number of carbonyl (C=O) groups excluding carboxylic acids is 2. The van der Waals surface area contributed by atoms with Crippen molar-refractivity contribution < 1.29 is 22.8 Å². The first kappa shape index (κ1) is 27.1. The highest BCUT2D eigenvalue weighted by Crippen LogP contribution is 2.36. The molecule has 0 saturated heterocycles. The van der Waals surface area contributed by atoms with E-state index < -0.39 is 23.3 Å². The molecule has 1 aliphatic carbocycles. The topological polar surface area (TPSA) is 180 Å². The molecule has 11 nitrogen and oxygen atoms in total. The van der Waals surface area contributed by atoms with E-state index in [0.717, 1.165) is 12.8 Å². The summed E-state index contributed by atoms with van der Waals surface area (Å²) in [6, 6.07) is 7.36. The first-order chi connectivity index (χ1) is 19.0. The number of H-pyrrole nitrogens is 2. The molecule has 2 amide bonds. The summed E-state index contributed by atoms with van der Waals surface area (Å²) in [5, 5.41) is 11.4. The summed E-state index contributed by atoms with van der Waals surface area (Å²) in [6.07, 6.45) is -0.834. The maximum Gasteiger partial charge on any atom is 0.435 e. The Morgan fingerprint density at radius 3 is 2.50 bits per heavy atom. The molecule has 3 heterocycles. The fraction of sp³-hybridized carbons (Fsp3) is 0.240. The normalized spacial score (nSPS) is 14.1. The highest BCUT2D eigenvalue weighted by molar-refractivity contribution is 6.34. The van der Waals surface area contributed by atoms with Gasteiger partial charge in [0.15, 0.2) is 11.5 Å². The number of rotatable bonds is 8. The second-order valence-electron chi connectivity index (χ2n) is 9.42. The largest absolute Gasteiger partial charge is 0.435 e. The summed E-state index contributed by atoms with van der Waals surface area (Å²) in [5.74, 6) is -1.17. The van der Waals surface area contributed by atoms with Crippen LogP contribution in [0.4, 0.5) is 24.5 Å². The Morgan fingerprint density at radius 1 is 1.10 bits per heavy atom. The molecule has 5 rings (SSSR count). The van der Waals surface area contributed by atoms with E-state index in [9.17, 15) is 22.8 Å². The number of nitrogens with two attached hydrogens (primary N) is 2. The van der Waals surface area contributed by atoms with E-state index in [0.29, 0.717) is 12.2 Å². The third-order valence-corrected chi connectivity index (χ3v) is 6.80. The number of aromatic nitrogens is 5. The number of aromatic amines is 2. The summed E-state index contributed by atoms with van der Waals surface area (Å²) in [5.41, 5.74) is 11.0. The number of benzene rings is 1. The van der Waals surface area contributed by atoms with Gasteiger partial charge in [0.1, 0.15) is 0 Å². The first-order valence-corrected chi connectivity index (χ1v) is 12.4. The van der Waals surface area contributed by atoms with Gasteiger partial charge < -0.3 is 27.1 Å². The predicted octanol–water partition coefficient (Wildman–Crippen LogP) is 3.51. The van der Waals surface area contributed by atoms with Gasteiger partial charge in [0.05, 0.1) is 39.4 Å². The number of imidazole rings is 1. The van der Waals surface area contributed by atoms with E-state index in [-0.39, 0.29) is 57.1 Å². The van der Waals surface area contributed by atoms with Gasteiger partial charge in [-0.05, 0) is 43.2 Å². The van der Waals surface area contributed by atoms with Crippen LogP contribution in [0.25, 0.3) is 11.4 Å². The van der Waals surface area contributed by atoms with Crippen LogP contribution in [0.1, 0.15) is 50.8 Å². The van der Waals surface area contributed by atoms with Gasteiger partial charge in [-0.25, -0.2) is 4.98 Å².